The first-order valence-electron chi connectivity index (χ1n) is 8.87. The lowest BCUT2D eigenvalue weighted by Gasteiger charge is -2.14. The van der Waals surface area contributed by atoms with Gasteiger partial charge in [-0.3, -0.25) is 4.79 Å². The molecule has 0 aliphatic rings. The highest BCUT2D eigenvalue weighted by molar-refractivity contribution is 9.10. The van der Waals surface area contributed by atoms with Crippen LogP contribution in [0.5, 0.6) is 5.75 Å². The SMILES string of the molecule is COCc1nc2ccccc2c(C)c1C(=O)OCC(=O)c1ccc(OC)c(Br)c1. The Bertz CT molecular complexity index is 1080. The molecule has 6 nitrogen and oxygen atoms in total. The van der Waals surface area contributed by atoms with Gasteiger partial charge in [-0.15, -0.1) is 0 Å². The van der Waals surface area contributed by atoms with Crippen molar-refractivity contribution in [3.63, 3.8) is 0 Å². The van der Waals surface area contributed by atoms with Gasteiger partial charge in [-0.1, -0.05) is 18.2 Å². The number of aromatic nitrogens is 1. The lowest BCUT2D eigenvalue weighted by molar-refractivity contribution is 0.0469. The predicted octanol–water partition coefficient (Wildman–Crippen LogP) is 4.50. The normalized spacial score (nSPS) is 10.8. The second kappa shape index (κ2) is 9.15. The number of halogens is 1. The summed E-state index contributed by atoms with van der Waals surface area (Å²) < 4.78 is 16.3. The summed E-state index contributed by atoms with van der Waals surface area (Å²) in [6.07, 6.45) is 0. The molecule has 7 heteroatoms. The largest absolute Gasteiger partial charge is 0.496 e. The molecule has 0 atom stereocenters. The van der Waals surface area contributed by atoms with Crippen LogP contribution in [0.1, 0.15) is 32.0 Å². The predicted molar refractivity (Wildman–Crippen MR) is 113 cm³/mol. The molecule has 0 radical (unpaired) electrons. The van der Waals surface area contributed by atoms with Crippen LogP contribution in [0, 0.1) is 6.92 Å². The molecule has 0 amide bonds. The van der Waals surface area contributed by atoms with Crippen molar-refractivity contribution >= 4 is 38.6 Å². The average molecular weight is 458 g/mol. The highest BCUT2D eigenvalue weighted by Gasteiger charge is 2.21. The van der Waals surface area contributed by atoms with Crippen molar-refractivity contribution in [3.8, 4) is 5.75 Å². The van der Waals surface area contributed by atoms with Gasteiger partial charge in [-0.05, 0) is 52.7 Å². The molecule has 0 N–H and O–H groups in total. The monoisotopic (exact) mass is 457 g/mol. The van der Waals surface area contributed by atoms with Crippen molar-refractivity contribution in [2.24, 2.45) is 0 Å². The summed E-state index contributed by atoms with van der Waals surface area (Å²) in [5.74, 6) is -0.309. The van der Waals surface area contributed by atoms with Crippen LogP contribution in [0.3, 0.4) is 0 Å². The maximum Gasteiger partial charge on any atom is 0.340 e. The molecule has 3 rings (SSSR count). The number of benzene rings is 2. The van der Waals surface area contributed by atoms with Crippen molar-refractivity contribution in [3.05, 3.63) is 69.3 Å². The second-order valence-electron chi connectivity index (χ2n) is 6.36. The number of hydrogen-bond donors (Lipinski definition) is 0. The van der Waals surface area contributed by atoms with E-state index in [4.69, 9.17) is 14.2 Å². The van der Waals surface area contributed by atoms with Gasteiger partial charge in [-0.2, -0.15) is 0 Å². The molecule has 0 bridgehead atoms. The van der Waals surface area contributed by atoms with E-state index >= 15 is 0 Å². The second-order valence-corrected chi connectivity index (χ2v) is 7.21. The quantitative estimate of drug-likeness (QED) is 0.384. The molecule has 0 aliphatic heterocycles. The van der Waals surface area contributed by atoms with E-state index in [1.54, 1.807) is 25.3 Å². The van der Waals surface area contributed by atoms with Crippen molar-refractivity contribution in [2.75, 3.05) is 20.8 Å². The molecule has 150 valence electrons. The number of hydrogen-bond acceptors (Lipinski definition) is 6. The molecule has 0 unspecified atom stereocenters. The molecule has 3 aromatic rings. The molecule has 0 aliphatic carbocycles. The summed E-state index contributed by atoms with van der Waals surface area (Å²) in [7, 11) is 3.08. The Morgan fingerprint density at radius 1 is 1.10 bits per heavy atom. The van der Waals surface area contributed by atoms with Gasteiger partial charge in [0, 0.05) is 18.1 Å². The fourth-order valence-electron chi connectivity index (χ4n) is 3.08. The van der Waals surface area contributed by atoms with Gasteiger partial charge < -0.3 is 14.2 Å². The number of esters is 1. The Morgan fingerprint density at radius 2 is 1.86 bits per heavy atom. The minimum atomic E-state index is -0.603. The van der Waals surface area contributed by atoms with E-state index < -0.39 is 5.97 Å². The smallest absolute Gasteiger partial charge is 0.340 e. The van der Waals surface area contributed by atoms with E-state index in [0.29, 0.717) is 27.0 Å². The van der Waals surface area contributed by atoms with Gasteiger partial charge in [0.25, 0.3) is 0 Å². The Labute approximate surface area is 176 Å². The lowest BCUT2D eigenvalue weighted by atomic mass is 10.0. The van der Waals surface area contributed by atoms with Crippen LogP contribution in [-0.2, 0) is 16.1 Å². The van der Waals surface area contributed by atoms with Crippen LogP contribution in [0.15, 0.2) is 46.9 Å². The average Bonchev–Trinajstić information content (AvgIpc) is 2.72. The van der Waals surface area contributed by atoms with Crippen LogP contribution < -0.4 is 4.74 Å². The number of Topliss-reactive ketones (excluding diaryl/α,β-unsaturated/α-hetero) is 1. The molecule has 0 saturated carbocycles. The Hall–Kier alpha value is -2.77. The molecular weight excluding hydrogens is 438 g/mol. The van der Waals surface area contributed by atoms with Crippen LogP contribution in [0.2, 0.25) is 0 Å². The van der Waals surface area contributed by atoms with Gasteiger partial charge in [0.15, 0.2) is 12.4 Å². The highest BCUT2D eigenvalue weighted by atomic mass is 79.9. The molecule has 0 spiro atoms. The van der Waals surface area contributed by atoms with E-state index in [1.165, 1.54) is 7.11 Å². The number of rotatable bonds is 7. The molecule has 1 heterocycles. The summed E-state index contributed by atoms with van der Waals surface area (Å²) in [4.78, 5) is 29.8. The van der Waals surface area contributed by atoms with E-state index in [0.717, 1.165) is 16.5 Å². The number of nitrogens with zero attached hydrogens (tertiary/aromatic N) is 1. The molecule has 2 aromatic carbocycles. The number of fused-ring (bicyclic) bond motifs is 1. The number of methoxy groups -OCH3 is 2. The van der Waals surface area contributed by atoms with Crippen molar-refractivity contribution in [2.45, 2.75) is 13.5 Å². The maximum absolute atomic E-state index is 12.8. The number of carbonyl (C=O) groups is 2. The van der Waals surface area contributed by atoms with E-state index in [-0.39, 0.29) is 19.0 Å². The summed E-state index contributed by atoms with van der Waals surface area (Å²) in [5.41, 5.74) is 2.73. The molecular formula is C22H20BrNO5. The number of ether oxygens (including phenoxy) is 3. The summed E-state index contributed by atoms with van der Waals surface area (Å²) in [5, 5.41) is 0.852. The third kappa shape index (κ3) is 4.46. The lowest BCUT2D eigenvalue weighted by Crippen LogP contribution is -2.18. The van der Waals surface area contributed by atoms with Gasteiger partial charge in [0.05, 0.1) is 35.0 Å². The van der Waals surface area contributed by atoms with Crippen LogP contribution in [0.4, 0.5) is 0 Å². The van der Waals surface area contributed by atoms with Gasteiger partial charge in [0.1, 0.15) is 5.75 Å². The molecule has 0 fully saturated rings. The first kappa shape index (κ1) is 21.0. The van der Waals surface area contributed by atoms with Gasteiger partial charge in [0.2, 0.25) is 0 Å². The maximum atomic E-state index is 12.8. The first-order chi connectivity index (χ1) is 14.0. The zero-order chi connectivity index (χ0) is 21.0. The topological polar surface area (TPSA) is 74.7 Å². The van der Waals surface area contributed by atoms with Crippen LogP contribution in [0.25, 0.3) is 10.9 Å². The highest BCUT2D eigenvalue weighted by Crippen LogP contribution is 2.26. The molecule has 29 heavy (non-hydrogen) atoms. The third-order valence-corrected chi connectivity index (χ3v) is 5.14. The van der Waals surface area contributed by atoms with Crippen molar-refractivity contribution in [1.29, 1.82) is 0 Å². The van der Waals surface area contributed by atoms with Gasteiger partial charge >= 0.3 is 5.97 Å². The standard InChI is InChI=1S/C22H20BrNO5/c1-13-15-6-4-5-7-17(15)24-18(11-27-2)21(13)22(26)29-12-19(25)14-8-9-20(28-3)16(23)10-14/h4-10H,11-12H2,1-3H3. The fraction of sp³-hybridized carbons (Fsp3) is 0.227. The number of aryl methyl sites for hydroxylation is 1. The molecule has 0 saturated heterocycles. The number of para-hydroxylation sites is 1. The Kier molecular flexibility index (Phi) is 6.61. The molecule has 1 aromatic heterocycles. The van der Waals surface area contributed by atoms with Crippen LogP contribution in [-0.4, -0.2) is 37.6 Å². The Morgan fingerprint density at radius 3 is 2.55 bits per heavy atom. The number of ketones is 1. The van der Waals surface area contributed by atoms with Gasteiger partial charge in [-0.25, -0.2) is 9.78 Å². The first-order valence-corrected chi connectivity index (χ1v) is 9.66. The number of carbonyl (C=O) groups excluding carboxylic acids is 2. The fourth-order valence-corrected chi connectivity index (χ4v) is 3.62. The third-order valence-electron chi connectivity index (χ3n) is 4.52. The Balaban J connectivity index is 1.84. The summed E-state index contributed by atoms with van der Waals surface area (Å²) in [6, 6.07) is 12.5. The van der Waals surface area contributed by atoms with Crippen molar-refractivity contribution in [1.82, 2.24) is 4.98 Å². The van der Waals surface area contributed by atoms with E-state index in [9.17, 15) is 9.59 Å². The number of pyridine rings is 1. The van der Waals surface area contributed by atoms with Crippen LogP contribution >= 0.6 is 15.9 Å². The zero-order valence-corrected chi connectivity index (χ0v) is 17.9. The van der Waals surface area contributed by atoms with Crippen molar-refractivity contribution < 1.29 is 23.8 Å². The summed E-state index contributed by atoms with van der Waals surface area (Å²) in [6.45, 7) is 1.62. The van der Waals surface area contributed by atoms with E-state index in [2.05, 4.69) is 20.9 Å². The van der Waals surface area contributed by atoms with E-state index in [1.807, 2.05) is 31.2 Å². The minimum Gasteiger partial charge on any atom is -0.496 e. The summed E-state index contributed by atoms with van der Waals surface area (Å²) >= 11 is 3.34. The zero-order valence-electron chi connectivity index (χ0n) is 16.3. The minimum absolute atomic E-state index is 0.162.